The number of thioether (sulfide) groups is 1. The Bertz CT molecular complexity index is 255. The van der Waals surface area contributed by atoms with E-state index in [1.165, 1.54) is 0 Å². The van der Waals surface area contributed by atoms with Crippen LogP contribution in [0.2, 0.25) is 0 Å². The van der Waals surface area contributed by atoms with Gasteiger partial charge in [-0.2, -0.15) is 0 Å². The predicted octanol–water partition coefficient (Wildman–Crippen LogP) is 2.21. The van der Waals surface area contributed by atoms with E-state index in [-0.39, 0.29) is 5.24 Å². The zero-order valence-electron chi connectivity index (χ0n) is 8.53. The third kappa shape index (κ3) is 6.24. The second kappa shape index (κ2) is 7.10. The largest absolute Gasteiger partial charge is 0.346 e. The van der Waals surface area contributed by atoms with Crippen molar-refractivity contribution < 1.29 is 14.3 Å². The molecule has 0 fully saturated rings. The summed E-state index contributed by atoms with van der Waals surface area (Å²) in [6.45, 7) is 5.85. The SMILES string of the molecule is C/C=C(\C)CNC(=O)SC(C)[PH](=O)O. The fraction of sp³-hybridized carbons (Fsp3) is 0.625. The lowest BCUT2D eigenvalue weighted by Gasteiger charge is -2.07. The van der Waals surface area contributed by atoms with Gasteiger partial charge < -0.3 is 10.2 Å². The van der Waals surface area contributed by atoms with Crippen molar-refractivity contribution in [3.05, 3.63) is 11.6 Å². The Morgan fingerprint density at radius 1 is 1.71 bits per heavy atom. The van der Waals surface area contributed by atoms with Crippen molar-refractivity contribution in [1.82, 2.24) is 5.32 Å². The maximum absolute atomic E-state index is 11.2. The molecule has 0 saturated carbocycles. The molecule has 14 heavy (non-hydrogen) atoms. The Kier molecular flexibility index (Phi) is 6.97. The zero-order chi connectivity index (χ0) is 11.1. The Hall–Kier alpha value is -0.250. The van der Waals surface area contributed by atoms with Crippen LogP contribution in [-0.2, 0) is 4.57 Å². The van der Waals surface area contributed by atoms with Crippen LogP contribution in [0.5, 0.6) is 0 Å². The van der Waals surface area contributed by atoms with Gasteiger partial charge in [0, 0.05) is 6.54 Å². The van der Waals surface area contributed by atoms with Crippen LogP contribution in [0.3, 0.4) is 0 Å². The van der Waals surface area contributed by atoms with E-state index in [1.807, 2.05) is 19.9 Å². The van der Waals surface area contributed by atoms with Crippen LogP contribution >= 0.6 is 19.8 Å². The van der Waals surface area contributed by atoms with Crippen molar-refractivity contribution in [3.63, 3.8) is 0 Å². The molecule has 82 valence electrons. The van der Waals surface area contributed by atoms with Crippen LogP contribution in [0.15, 0.2) is 11.6 Å². The summed E-state index contributed by atoms with van der Waals surface area (Å²) in [6.07, 6.45) is 1.91. The monoisotopic (exact) mass is 237 g/mol. The molecule has 0 heterocycles. The molecular weight excluding hydrogens is 221 g/mol. The Labute approximate surface area is 89.0 Å². The standard InChI is InChI=1S/C8H16NO3PS/c1-4-6(2)5-9-8(10)14-7(3)13(11)12/h4,7,13H,5H2,1-3H3,(H,9,10)(H,11,12)/b6-4+. The molecule has 0 radical (unpaired) electrons. The molecular formula is C8H16NO3PS. The summed E-state index contributed by atoms with van der Waals surface area (Å²) in [4.78, 5) is 19.4. The van der Waals surface area contributed by atoms with E-state index in [0.717, 1.165) is 17.3 Å². The lowest BCUT2D eigenvalue weighted by Crippen LogP contribution is -2.21. The number of nitrogens with one attached hydrogen (secondary N) is 1. The highest BCUT2D eigenvalue weighted by Gasteiger charge is 2.13. The Morgan fingerprint density at radius 3 is 2.71 bits per heavy atom. The molecule has 0 aliphatic heterocycles. The third-order valence-corrected chi connectivity index (χ3v) is 4.00. The topological polar surface area (TPSA) is 66.4 Å². The highest BCUT2D eigenvalue weighted by atomic mass is 32.2. The van der Waals surface area contributed by atoms with Gasteiger partial charge in [-0.1, -0.05) is 23.4 Å². The summed E-state index contributed by atoms with van der Waals surface area (Å²) >= 11 is 0.866. The summed E-state index contributed by atoms with van der Waals surface area (Å²) < 4.78 is 10.6. The van der Waals surface area contributed by atoms with E-state index >= 15 is 0 Å². The molecule has 2 N–H and O–H groups in total. The average molecular weight is 237 g/mol. The molecule has 2 atom stereocenters. The number of carbonyl (C=O) groups excluding carboxylic acids is 1. The van der Waals surface area contributed by atoms with Gasteiger partial charge in [-0.15, -0.1) is 0 Å². The van der Waals surface area contributed by atoms with Gasteiger partial charge in [0.1, 0.15) is 0 Å². The maximum Gasteiger partial charge on any atom is 0.280 e. The van der Waals surface area contributed by atoms with Crippen LogP contribution in [0, 0.1) is 0 Å². The molecule has 0 saturated heterocycles. The van der Waals surface area contributed by atoms with Crippen molar-refractivity contribution in [3.8, 4) is 0 Å². The van der Waals surface area contributed by atoms with Gasteiger partial charge in [0.05, 0.1) is 4.99 Å². The van der Waals surface area contributed by atoms with E-state index in [1.54, 1.807) is 6.92 Å². The van der Waals surface area contributed by atoms with Gasteiger partial charge in [-0.3, -0.25) is 9.36 Å². The molecule has 6 heteroatoms. The molecule has 1 amide bonds. The lowest BCUT2D eigenvalue weighted by molar-refractivity contribution is 0.261. The maximum atomic E-state index is 11.2. The fourth-order valence-corrected chi connectivity index (χ4v) is 1.77. The smallest absolute Gasteiger partial charge is 0.280 e. The summed E-state index contributed by atoms with van der Waals surface area (Å²) in [7, 11) is -2.61. The number of allylic oxidation sites excluding steroid dienone is 1. The highest BCUT2D eigenvalue weighted by molar-refractivity contribution is 8.17. The van der Waals surface area contributed by atoms with Crippen molar-refractivity contribution in [2.75, 3.05) is 6.54 Å². The third-order valence-electron chi connectivity index (χ3n) is 1.64. The van der Waals surface area contributed by atoms with Gasteiger partial charge in [0.2, 0.25) is 8.03 Å². The molecule has 0 bridgehead atoms. The van der Waals surface area contributed by atoms with Crippen molar-refractivity contribution >= 4 is 25.0 Å². The molecule has 0 aromatic rings. The number of amides is 1. The normalized spacial score (nSPS) is 16.1. The van der Waals surface area contributed by atoms with Crippen LogP contribution in [0.4, 0.5) is 4.79 Å². The number of hydrogen-bond acceptors (Lipinski definition) is 3. The molecule has 2 unspecified atom stereocenters. The first-order valence-corrected chi connectivity index (χ1v) is 6.57. The van der Waals surface area contributed by atoms with Crippen molar-refractivity contribution in [2.45, 2.75) is 25.8 Å². The first kappa shape index (κ1) is 13.8. The molecule has 0 spiro atoms. The molecule has 0 aromatic carbocycles. The number of carbonyl (C=O) groups is 1. The van der Waals surface area contributed by atoms with Crippen LogP contribution in [0.25, 0.3) is 0 Å². The van der Waals surface area contributed by atoms with Gasteiger partial charge in [-0.25, -0.2) is 0 Å². The average Bonchev–Trinajstić information content (AvgIpc) is 2.13. The molecule has 0 aliphatic carbocycles. The molecule has 0 aliphatic rings. The van der Waals surface area contributed by atoms with Crippen LogP contribution < -0.4 is 5.32 Å². The Balaban J connectivity index is 3.82. The minimum absolute atomic E-state index is 0.258. The van der Waals surface area contributed by atoms with Gasteiger partial charge in [-0.05, 0) is 20.8 Å². The fourth-order valence-electron chi connectivity index (χ4n) is 0.566. The molecule has 4 nitrogen and oxygen atoms in total. The second-order valence-corrected chi connectivity index (χ2v) is 6.15. The molecule has 0 aromatic heterocycles. The number of hydrogen-bond donors (Lipinski definition) is 2. The predicted molar refractivity (Wildman–Crippen MR) is 61.1 cm³/mol. The van der Waals surface area contributed by atoms with E-state index in [9.17, 15) is 9.36 Å². The molecule has 0 rings (SSSR count). The van der Waals surface area contributed by atoms with E-state index < -0.39 is 13.0 Å². The summed E-state index contributed by atoms with van der Waals surface area (Å²) in [5.74, 6) is 0. The van der Waals surface area contributed by atoms with Gasteiger partial charge in [0.15, 0.2) is 0 Å². The van der Waals surface area contributed by atoms with Crippen LogP contribution in [-0.4, -0.2) is 21.7 Å². The van der Waals surface area contributed by atoms with Crippen LogP contribution in [0.1, 0.15) is 20.8 Å². The van der Waals surface area contributed by atoms with Gasteiger partial charge in [0.25, 0.3) is 5.24 Å². The Morgan fingerprint density at radius 2 is 2.29 bits per heavy atom. The first-order valence-electron chi connectivity index (χ1n) is 4.26. The summed E-state index contributed by atoms with van der Waals surface area (Å²) in [6, 6.07) is 0. The highest BCUT2D eigenvalue weighted by Crippen LogP contribution is 2.31. The minimum Gasteiger partial charge on any atom is -0.346 e. The first-order chi connectivity index (χ1) is 6.47. The summed E-state index contributed by atoms with van der Waals surface area (Å²) in [5, 5.41) is 2.38. The quantitative estimate of drug-likeness (QED) is 0.581. The van der Waals surface area contributed by atoms with E-state index in [2.05, 4.69) is 5.32 Å². The lowest BCUT2D eigenvalue weighted by atomic mass is 10.3. The van der Waals surface area contributed by atoms with Crippen molar-refractivity contribution in [2.24, 2.45) is 0 Å². The van der Waals surface area contributed by atoms with Crippen molar-refractivity contribution in [1.29, 1.82) is 0 Å². The van der Waals surface area contributed by atoms with Gasteiger partial charge >= 0.3 is 0 Å². The minimum atomic E-state index is -2.61. The van der Waals surface area contributed by atoms with E-state index in [4.69, 9.17) is 4.89 Å². The van der Waals surface area contributed by atoms with E-state index in [0.29, 0.717) is 6.54 Å². The zero-order valence-corrected chi connectivity index (χ0v) is 10.4. The summed E-state index contributed by atoms with van der Waals surface area (Å²) in [5.41, 5.74) is 1.06. The number of rotatable bonds is 4. The second-order valence-electron chi connectivity index (χ2n) is 2.87.